The Morgan fingerprint density at radius 3 is 2.00 bits per heavy atom. The fourth-order valence-electron chi connectivity index (χ4n) is 3.35. The Labute approximate surface area is 180 Å². The molecule has 4 heteroatoms. The van der Waals surface area contributed by atoms with Gasteiger partial charge in [0.2, 0.25) is 10.0 Å². The van der Waals surface area contributed by atoms with Crippen molar-refractivity contribution in [2.45, 2.75) is 44.0 Å². The second-order valence-corrected chi connectivity index (χ2v) is 9.70. The van der Waals surface area contributed by atoms with Crippen LogP contribution in [0, 0.1) is 6.92 Å². The minimum atomic E-state index is -3.67. The van der Waals surface area contributed by atoms with Crippen LogP contribution >= 0.6 is 0 Å². The Hall–Kier alpha value is -2.69. The highest BCUT2D eigenvalue weighted by atomic mass is 32.2. The van der Waals surface area contributed by atoms with Gasteiger partial charge in [-0.2, -0.15) is 0 Å². The van der Waals surface area contributed by atoms with Crippen molar-refractivity contribution in [2.75, 3.05) is 0 Å². The van der Waals surface area contributed by atoms with Crippen LogP contribution in [0.2, 0.25) is 0 Å². The van der Waals surface area contributed by atoms with Crippen molar-refractivity contribution >= 4 is 15.6 Å². The van der Waals surface area contributed by atoms with Crippen molar-refractivity contribution in [3.05, 3.63) is 108 Å². The maximum absolute atomic E-state index is 13.1. The molecule has 1 N–H and O–H groups in total. The quantitative estimate of drug-likeness (QED) is 0.470. The highest BCUT2D eigenvalue weighted by molar-refractivity contribution is 7.89. The van der Waals surface area contributed by atoms with Gasteiger partial charge in [-0.15, -0.1) is 0 Å². The lowest BCUT2D eigenvalue weighted by atomic mass is 9.94. The van der Waals surface area contributed by atoms with E-state index in [2.05, 4.69) is 37.3 Å². The summed E-state index contributed by atoms with van der Waals surface area (Å²) < 4.78 is 29.1. The summed E-state index contributed by atoms with van der Waals surface area (Å²) in [5, 5.41) is 0. The zero-order valence-electron chi connectivity index (χ0n) is 17.8. The van der Waals surface area contributed by atoms with E-state index in [0.717, 1.165) is 22.3 Å². The summed E-state index contributed by atoms with van der Waals surface area (Å²) in [4.78, 5) is 0.266. The van der Waals surface area contributed by atoms with Gasteiger partial charge in [-0.3, -0.25) is 0 Å². The topological polar surface area (TPSA) is 46.2 Å². The van der Waals surface area contributed by atoms with Crippen molar-refractivity contribution in [3.8, 4) is 0 Å². The maximum atomic E-state index is 13.1. The van der Waals surface area contributed by atoms with Gasteiger partial charge in [-0.1, -0.05) is 92.7 Å². The van der Waals surface area contributed by atoms with Gasteiger partial charge in [-0.25, -0.2) is 13.1 Å². The summed E-state index contributed by atoms with van der Waals surface area (Å²) in [5.74, 6) is 0.418. The summed E-state index contributed by atoms with van der Waals surface area (Å²) in [6.45, 7) is 10.4. The van der Waals surface area contributed by atoms with Crippen molar-refractivity contribution in [1.29, 1.82) is 0 Å². The van der Waals surface area contributed by atoms with Crippen LogP contribution in [0.15, 0.2) is 90.3 Å². The maximum Gasteiger partial charge on any atom is 0.241 e. The van der Waals surface area contributed by atoms with Crippen molar-refractivity contribution in [1.82, 2.24) is 4.72 Å². The number of sulfonamides is 1. The molecule has 0 aliphatic carbocycles. The third-order valence-corrected chi connectivity index (χ3v) is 6.75. The molecule has 0 fully saturated rings. The van der Waals surface area contributed by atoms with Crippen molar-refractivity contribution in [2.24, 2.45) is 0 Å². The molecule has 156 valence electrons. The molecule has 3 rings (SSSR count). The summed E-state index contributed by atoms with van der Waals surface area (Å²) in [6, 6.07) is 24.5. The molecule has 1 atom stereocenters. The summed E-state index contributed by atoms with van der Waals surface area (Å²) in [6.07, 6.45) is 0.482. The van der Waals surface area contributed by atoms with E-state index in [9.17, 15) is 8.42 Å². The Balaban J connectivity index is 1.92. The summed E-state index contributed by atoms with van der Waals surface area (Å²) in [5.41, 5.74) is 5.07. The lowest BCUT2D eigenvalue weighted by Gasteiger charge is -2.21. The number of rotatable bonds is 8. The molecule has 0 saturated carbocycles. The standard InChI is InChI=1S/C26H29NO2S/c1-19(2)22-12-14-24(15-13-22)26(18-21(4)23-8-6-5-7-9-23)27-30(28,29)25-16-10-20(3)11-17-25/h5-17,19,26-27H,4,18H2,1-3H3. The minimum absolute atomic E-state index is 0.266. The molecular formula is C26H29NO2S. The van der Waals surface area contributed by atoms with E-state index in [0.29, 0.717) is 12.3 Å². The summed E-state index contributed by atoms with van der Waals surface area (Å²) >= 11 is 0. The molecule has 0 aliphatic rings. The van der Waals surface area contributed by atoms with Gasteiger partial charge in [-0.05, 0) is 53.7 Å². The first-order valence-electron chi connectivity index (χ1n) is 10.2. The normalized spacial score (nSPS) is 12.7. The Morgan fingerprint density at radius 2 is 1.43 bits per heavy atom. The molecule has 0 bridgehead atoms. The fraction of sp³-hybridized carbons (Fsp3) is 0.231. The summed E-state index contributed by atoms with van der Waals surface area (Å²) in [7, 11) is -3.67. The molecule has 0 saturated heterocycles. The first-order chi connectivity index (χ1) is 14.3. The molecule has 3 nitrogen and oxygen atoms in total. The lowest BCUT2D eigenvalue weighted by molar-refractivity contribution is 0.559. The number of benzene rings is 3. The molecule has 3 aromatic rings. The van der Waals surface area contributed by atoms with E-state index >= 15 is 0 Å². The van der Waals surface area contributed by atoms with Crippen LogP contribution in [0.3, 0.4) is 0 Å². The molecular weight excluding hydrogens is 390 g/mol. The van der Waals surface area contributed by atoms with E-state index in [1.54, 1.807) is 12.1 Å². The predicted molar refractivity (Wildman–Crippen MR) is 125 cm³/mol. The van der Waals surface area contributed by atoms with Crippen LogP contribution in [-0.2, 0) is 10.0 Å². The molecule has 0 radical (unpaired) electrons. The van der Waals surface area contributed by atoms with Gasteiger partial charge in [0.15, 0.2) is 0 Å². The van der Waals surface area contributed by atoms with Gasteiger partial charge in [0.25, 0.3) is 0 Å². The number of aryl methyl sites for hydroxylation is 1. The van der Waals surface area contributed by atoms with Crippen LogP contribution in [0.4, 0.5) is 0 Å². The van der Waals surface area contributed by atoms with Crippen LogP contribution in [-0.4, -0.2) is 8.42 Å². The molecule has 3 aromatic carbocycles. The zero-order chi connectivity index (χ0) is 21.7. The number of hydrogen-bond donors (Lipinski definition) is 1. The first-order valence-corrected chi connectivity index (χ1v) is 11.7. The monoisotopic (exact) mass is 419 g/mol. The third-order valence-electron chi connectivity index (χ3n) is 5.27. The van der Waals surface area contributed by atoms with Gasteiger partial charge in [0.1, 0.15) is 0 Å². The van der Waals surface area contributed by atoms with Crippen molar-refractivity contribution in [3.63, 3.8) is 0 Å². The van der Waals surface area contributed by atoms with E-state index in [1.807, 2.05) is 61.5 Å². The van der Waals surface area contributed by atoms with Crippen LogP contribution in [0.5, 0.6) is 0 Å². The fourth-order valence-corrected chi connectivity index (χ4v) is 4.58. The highest BCUT2D eigenvalue weighted by Crippen LogP contribution is 2.29. The molecule has 0 amide bonds. The van der Waals surface area contributed by atoms with E-state index in [-0.39, 0.29) is 4.90 Å². The average molecular weight is 420 g/mol. The molecule has 30 heavy (non-hydrogen) atoms. The van der Waals surface area contributed by atoms with Gasteiger partial charge < -0.3 is 0 Å². The SMILES string of the molecule is C=C(CC(NS(=O)(=O)c1ccc(C)cc1)c1ccc(C(C)C)cc1)c1ccccc1. The van der Waals surface area contributed by atoms with E-state index in [1.165, 1.54) is 5.56 Å². The first kappa shape index (κ1) is 22.0. The molecule has 0 aromatic heterocycles. The van der Waals surface area contributed by atoms with Crippen molar-refractivity contribution < 1.29 is 8.42 Å². The average Bonchev–Trinajstić information content (AvgIpc) is 2.74. The highest BCUT2D eigenvalue weighted by Gasteiger charge is 2.22. The second-order valence-electron chi connectivity index (χ2n) is 7.98. The zero-order valence-corrected chi connectivity index (χ0v) is 18.6. The molecule has 0 heterocycles. The smallest absolute Gasteiger partial charge is 0.207 e. The number of nitrogens with one attached hydrogen (secondary N) is 1. The molecule has 1 unspecified atom stereocenters. The van der Waals surface area contributed by atoms with Gasteiger partial charge in [0, 0.05) is 0 Å². The molecule has 0 spiro atoms. The van der Waals surface area contributed by atoms with E-state index < -0.39 is 16.1 Å². The van der Waals surface area contributed by atoms with Gasteiger partial charge in [0.05, 0.1) is 10.9 Å². The Kier molecular flexibility index (Phi) is 6.91. The Morgan fingerprint density at radius 1 is 0.867 bits per heavy atom. The number of hydrogen-bond acceptors (Lipinski definition) is 2. The lowest BCUT2D eigenvalue weighted by Crippen LogP contribution is -2.29. The van der Waals surface area contributed by atoms with Crippen LogP contribution < -0.4 is 4.72 Å². The van der Waals surface area contributed by atoms with Gasteiger partial charge >= 0.3 is 0 Å². The third kappa shape index (κ3) is 5.47. The minimum Gasteiger partial charge on any atom is -0.207 e. The second kappa shape index (κ2) is 9.41. The van der Waals surface area contributed by atoms with Crippen LogP contribution in [0.25, 0.3) is 5.57 Å². The predicted octanol–water partition coefficient (Wildman–Crippen LogP) is 6.24. The molecule has 0 aliphatic heterocycles. The largest absolute Gasteiger partial charge is 0.241 e. The Bertz CT molecular complexity index is 1080. The van der Waals surface area contributed by atoms with Crippen LogP contribution in [0.1, 0.15) is 54.5 Å². The van der Waals surface area contributed by atoms with E-state index in [4.69, 9.17) is 0 Å².